The SMILES string of the molecule is COCCc1noc([C@H]2CCCN2C(=O)Nc2nc(C)n(C(C)C)n2)n1. The van der Waals surface area contributed by atoms with Crippen molar-refractivity contribution in [2.75, 3.05) is 25.6 Å². The van der Waals surface area contributed by atoms with Crippen molar-refractivity contribution in [3.63, 3.8) is 0 Å². The molecule has 0 aromatic carbocycles. The largest absolute Gasteiger partial charge is 0.384 e. The summed E-state index contributed by atoms with van der Waals surface area (Å²) in [5, 5.41) is 11.1. The Hall–Kier alpha value is -2.49. The van der Waals surface area contributed by atoms with E-state index in [2.05, 4.69) is 25.5 Å². The van der Waals surface area contributed by atoms with Crippen LogP contribution in [0.25, 0.3) is 0 Å². The van der Waals surface area contributed by atoms with Crippen molar-refractivity contribution in [2.45, 2.75) is 52.1 Å². The van der Waals surface area contributed by atoms with Crippen molar-refractivity contribution < 1.29 is 14.1 Å². The van der Waals surface area contributed by atoms with Crippen LogP contribution in [0.15, 0.2) is 4.52 Å². The molecule has 1 N–H and O–H groups in total. The van der Waals surface area contributed by atoms with Gasteiger partial charge in [-0.25, -0.2) is 9.48 Å². The maximum atomic E-state index is 12.7. The van der Waals surface area contributed by atoms with E-state index in [9.17, 15) is 4.79 Å². The second-order valence-electron chi connectivity index (χ2n) is 6.59. The molecule has 0 spiro atoms. The highest BCUT2D eigenvalue weighted by Crippen LogP contribution is 2.31. The van der Waals surface area contributed by atoms with Gasteiger partial charge in [-0.05, 0) is 33.6 Å². The molecule has 1 atom stereocenters. The average Bonchev–Trinajstić information content (AvgIpc) is 3.31. The maximum Gasteiger partial charge on any atom is 0.324 e. The van der Waals surface area contributed by atoms with Crippen LogP contribution < -0.4 is 5.32 Å². The second kappa shape index (κ2) is 7.81. The van der Waals surface area contributed by atoms with E-state index in [0.29, 0.717) is 37.2 Å². The first-order valence-electron chi connectivity index (χ1n) is 8.81. The summed E-state index contributed by atoms with van der Waals surface area (Å²) < 4.78 is 12.2. The molecule has 26 heavy (non-hydrogen) atoms. The first-order valence-corrected chi connectivity index (χ1v) is 8.81. The number of anilines is 1. The number of rotatable bonds is 6. The predicted octanol–water partition coefficient (Wildman–Crippen LogP) is 2.11. The zero-order valence-electron chi connectivity index (χ0n) is 15.6. The standard InChI is InChI=1S/C16H25N7O3/c1-10(2)23-11(3)17-15(20-23)19-16(24)22-8-5-6-12(22)14-18-13(21-26-14)7-9-25-4/h10,12H,5-9H2,1-4H3,(H,19,20,24)/t12-/m1/s1. The smallest absolute Gasteiger partial charge is 0.324 e. The fraction of sp³-hybridized carbons (Fsp3) is 0.688. The summed E-state index contributed by atoms with van der Waals surface area (Å²) in [5.74, 6) is 2.11. The number of urea groups is 1. The molecule has 1 aliphatic rings. The molecule has 3 heterocycles. The van der Waals surface area contributed by atoms with Crippen molar-refractivity contribution in [3.8, 4) is 0 Å². The Kier molecular flexibility index (Phi) is 5.50. The average molecular weight is 363 g/mol. The lowest BCUT2D eigenvalue weighted by Gasteiger charge is -2.21. The van der Waals surface area contributed by atoms with Crippen LogP contribution in [0.4, 0.5) is 10.7 Å². The highest BCUT2D eigenvalue weighted by molar-refractivity contribution is 5.87. The molecule has 0 radical (unpaired) electrons. The molecule has 1 aliphatic heterocycles. The minimum atomic E-state index is -0.259. The van der Waals surface area contributed by atoms with Gasteiger partial charge in [0.1, 0.15) is 11.9 Å². The van der Waals surface area contributed by atoms with Crippen LogP contribution in [0, 0.1) is 6.92 Å². The van der Waals surface area contributed by atoms with Crippen LogP contribution in [-0.4, -0.2) is 56.1 Å². The molecule has 0 bridgehead atoms. The monoisotopic (exact) mass is 363 g/mol. The van der Waals surface area contributed by atoms with Gasteiger partial charge < -0.3 is 14.2 Å². The summed E-state index contributed by atoms with van der Waals surface area (Å²) in [7, 11) is 1.63. The number of amides is 2. The van der Waals surface area contributed by atoms with Crippen LogP contribution in [0.1, 0.15) is 56.3 Å². The molecular weight excluding hydrogens is 338 g/mol. The van der Waals surface area contributed by atoms with E-state index in [4.69, 9.17) is 9.26 Å². The van der Waals surface area contributed by atoms with E-state index in [1.54, 1.807) is 16.7 Å². The lowest BCUT2D eigenvalue weighted by atomic mass is 10.2. The van der Waals surface area contributed by atoms with Gasteiger partial charge in [-0.15, -0.1) is 5.10 Å². The Morgan fingerprint density at radius 2 is 2.23 bits per heavy atom. The first kappa shape index (κ1) is 18.3. The molecule has 2 aromatic rings. The molecule has 2 aromatic heterocycles. The van der Waals surface area contributed by atoms with E-state index >= 15 is 0 Å². The van der Waals surface area contributed by atoms with Gasteiger partial charge in [-0.3, -0.25) is 5.32 Å². The summed E-state index contributed by atoms with van der Waals surface area (Å²) >= 11 is 0. The second-order valence-corrected chi connectivity index (χ2v) is 6.59. The minimum absolute atomic E-state index is 0.177. The quantitative estimate of drug-likeness (QED) is 0.836. The van der Waals surface area contributed by atoms with E-state index in [0.717, 1.165) is 18.7 Å². The van der Waals surface area contributed by atoms with Gasteiger partial charge in [0, 0.05) is 26.1 Å². The molecule has 0 aliphatic carbocycles. The maximum absolute atomic E-state index is 12.7. The number of ether oxygens (including phenoxy) is 1. The van der Waals surface area contributed by atoms with Gasteiger partial charge in [0.15, 0.2) is 5.82 Å². The number of nitrogens with zero attached hydrogens (tertiary/aromatic N) is 6. The molecule has 2 amide bonds. The Labute approximate surface area is 151 Å². The van der Waals surface area contributed by atoms with E-state index < -0.39 is 0 Å². The Balaban J connectivity index is 1.68. The van der Waals surface area contributed by atoms with Crippen LogP contribution >= 0.6 is 0 Å². The number of carbonyl (C=O) groups excluding carboxylic acids is 1. The summed E-state index contributed by atoms with van der Waals surface area (Å²) in [5.41, 5.74) is 0. The van der Waals surface area contributed by atoms with Gasteiger partial charge in [0.25, 0.3) is 0 Å². The Morgan fingerprint density at radius 3 is 2.92 bits per heavy atom. The van der Waals surface area contributed by atoms with E-state index in [-0.39, 0.29) is 18.1 Å². The van der Waals surface area contributed by atoms with Gasteiger partial charge in [-0.2, -0.15) is 9.97 Å². The van der Waals surface area contributed by atoms with Gasteiger partial charge in [0.2, 0.25) is 11.8 Å². The fourth-order valence-electron chi connectivity index (χ4n) is 3.08. The number of nitrogens with one attached hydrogen (secondary N) is 1. The first-order chi connectivity index (χ1) is 12.5. The zero-order chi connectivity index (χ0) is 18.7. The van der Waals surface area contributed by atoms with E-state index in [1.807, 2.05) is 20.8 Å². The van der Waals surface area contributed by atoms with Crippen molar-refractivity contribution in [1.29, 1.82) is 0 Å². The third kappa shape index (κ3) is 3.85. The Bertz CT molecular complexity index is 755. The molecule has 3 rings (SSSR count). The van der Waals surface area contributed by atoms with Crippen molar-refractivity contribution >= 4 is 12.0 Å². The summed E-state index contributed by atoms with van der Waals surface area (Å²) in [6.45, 7) is 7.04. The molecule has 0 saturated carbocycles. The highest BCUT2D eigenvalue weighted by atomic mass is 16.5. The molecule has 0 unspecified atom stereocenters. The fourth-order valence-corrected chi connectivity index (χ4v) is 3.08. The van der Waals surface area contributed by atoms with Crippen LogP contribution in [-0.2, 0) is 11.2 Å². The number of aryl methyl sites for hydroxylation is 1. The molecular formula is C16H25N7O3. The lowest BCUT2D eigenvalue weighted by molar-refractivity contribution is 0.192. The molecule has 1 saturated heterocycles. The van der Waals surface area contributed by atoms with Crippen LogP contribution in [0.5, 0.6) is 0 Å². The zero-order valence-corrected chi connectivity index (χ0v) is 15.6. The number of methoxy groups -OCH3 is 1. The molecule has 142 valence electrons. The van der Waals surface area contributed by atoms with Crippen molar-refractivity contribution in [2.24, 2.45) is 0 Å². The Morgan fingerprint density at radius 1 is 1.42 bits per heavy atom. The van der Waals surface area contributed by atoms with Gasteiger partial charge in [-0.1, -0.05) is 5.16 Å². The number of likely N-dealkylation sites (tertiary alicyclic amines) is 1. The van der Waals surface area contributed by atoms with Gasteiger partial charge in [0.05, 0.1) is 6.61 Å². The highest BCUT2D eigenvalue weighted by Gasteiger charge is 2.34. The normalized spacial score (nSPS) is 17.3. The van der Waals surface area contributed by atoms with Crippen LogP contribution in [0.2, 0.25) is 0 Å². The summed E-state index contributed by atoms with van der Waals surface area (Å²) in [6.07, 6.45) is 2.24. The minimum Gasteiger partial charge on any atom is -0.384 e. The summed E-state index contributed by atoms with van der Waals surface area (Å²) in [6, 6.07) is -0.311. The molecule has 10 heteroatoms. The third-order valence-electron chi connectivity index (χ3n) is 4.32. The van der Waals surface area contributed by atoms with Gasteiger partial charge >= 0.3 is 6.03 Å². The van der Waals surface area contributed by atoms with Crippen molar-refractivity contribution in [1.82, 2.24) is 29.8 Å². The molecule has 1 fully saturated rings. The lowest BCUT2D eigenvalue weighted by Crippen LogP contribution is -2.35. The van der Waals surface area contributed by atoms with Crippen LogP contribution in [0.3, 0.4) is 0 Å². The predicted molar refractivity (Wildman–Crippen MR) is 92.7 cm³/mol. The third-order valence-corrected chi connectivity index (χ3v) is 4.32. The van der Waals surface area contributed by atoms with Crippen molar-refractivity contribution in [3.05, 3.63) is 17.5 Å². The number of carbonyl (C=O) groups is 1. The van der Waals surface area contributed by atoms with E-state index in [1.165, 1.54) is 0 Å². The number of aromatic nitrogens is 5. The topological polar surface area (TPSA) is 111 Å². The number of hydrogen-bond acceptors (Lipinski definition) is 7. The number of hydrogen-bond donors (Lipinski definition) is 1. The molecule has 10 nitrogen and oxygen atoms in total. The summed E-state index contributed by atoms with van der Waals surface area (Å²) in [4.78, 5) is 23.1.